The number of carbonyl (C=O) groups is 3. The van der Waals surface area contributed by atoms with E-state index in [-0.39, 0.29) is 48.8 Å². The predicted molar refractivity (Wildman–Crippen MR) is 221 cm³/mol. The molecule has 55 heavy (non-hydrogen) atoms. The number of nitrogens with zero attached hydrogens (tertiary/aromatic N) is 3. The highest BCUT2D eigenvalue weighted by Gasteiger charge is 2.66. The van der Waals surface area contributed by atoms with Gasteiger partial charge in [0.25, 0.3) is 5.91 Å². The number of rotatable bonds is 12. The summed E-state index contributed by atoms with van der Waals surface area (Å²) in [5.41, 5.74) is 2.82. The second-order valence-corrected chi connectivity index (χ2v) is 21.2. The third-order valence-electron chi connectivity index (χ3n) is 12.0. The van der Waals surface area contributed by atoms with E-state index < -0.39 is 19.8 Å². The molecule has 0 bridgehead atoms. The first-order valence-corrected chi connectivity index (χ1v) is 23.1. The number of aliphatic hydroxyl groups is 1. The van der Waals surface area contributed by atoms with Crippen LogP contribution in [-0.2, 0) is 37.8 Å². The lowest BCUT2D eigenvalue weighted by Crippen LogP contribution is -2.52. The number of amides is 3. The van der Waals surface area contributed by atoms with Crippen LogP contribution in [0.3, 0.4) is 0 Å². The Balaban J connectivity index is 1.27. The molecule has 3 aliphatic heterocycles. The molecule has 0 aromatic heterocycles. The van der Waals surface area contributed by atoms with E-state index >= 15 is 4.79 Å². The highest BCUT2D eigenvalue weighted by Crippen LogP contribution is 2.60. The van der Waals surface area contributed by atoms with Crippen LogP contribution in [0.2, 0.25) is 18.6 Å². The first kappa shape index (κ1) is 39.0. The molecule has 3 aliphatic rings. The fourth-order valence-electron chi connectivity index (χ4n) is 9.24. The Bertz CT molecular complexity index is 2040. The summed E-state index contributed by atoms with van der Waals surface area (Å²) < 4.78 is 13.6. The first-order valence-electron chi connectivity index (χ1n) is 19.2. The van der Waals surface area contributed by atoms with E-state index in [1.54, 1.807) is 12.0 Å². The first-order chi connectivity index (χ1) is 26.5. The van der Waals surface area contributed by atoms with Gasteiger partial charge in [-0.15, -0.1) is 0 Å². The topological polar surface area (TPSA) is 99.6 Å². The monoisotopic (exact) mass is 823 g/mol. The summed E-state index contributed by atoms with van der Waals surface area (Å²) in [6.45, 7) is 8.11. The molecule has 9 nitrogen and oxygen atoms in total. The van der Waals surface area contributed by atoms with Crippen molar-refractivity contribution in [3.63, 3.8) is 0 Å². The molecule has 1 N–H and O–H groups in total. The van der Waals surface area contributed by atoms with E-state index in [9.17, 15) is 14.7 Å². The Morgan fingerprint density at radius 3 is 2.44 bits per heavy atom. The summed E-state index contributed by atoms with van der Waals surface area (Å²) in [6.07, 6.45) is 1.90. The summed E-state index contributed by atoms with van der Waals surface area (Å²) >= 11 is 3.70. The van der Waals surface area contributed by atoms with Gasteiger partial charge in [0.05, 0.1) is 46.5 Å². The van der Waals surface area contributed by atoms with E-state index in [4.69, 9.17) is 9.47 Å². The maximum absolute atomic E-state index is 15.3. The van der Waals surface area contributed by atoms with Crippen LogP contribution in [0.1, 0.15) is 49.3 Å². The minimum atomic E-state index is -2.51. The van der Waals surface area contributed by atoms with E-state index in [1.807, 2.05) is 94.7 Å². The zero-order valence-corrected chi connectivity index (χ0v) is 34.6. The zero-order valence-electron chi connectivity index (χ0n) is 32.0. The largest absolute Gasteiger partial charge is 0.497 e. The van der Waals surface area contributed by atoms with E-state index in [0.717, 1.165) is 51.1 Å². The van der Waals surface area contributed by atoms with E-state index in [2.05, 4.69) is 48.1 Å². The Morgan fingerprint density at radius 2 is 1.73 bits per heavy atom. The van der Waals surface area contributed by atoms with Gasteiger partial charge in [-0.2, -0.15) is 0 Å². The molecule has 0 unspecified atom stereocenters. The Labute approximate surface area is 333 Å². The van der Waals surface area contributed by atoms with Crippen LogP contribution >= 0.6 is 15.9 Å². The molecule has 7 rings (SSSR count). The molecule has 4 aromatic carbocycles. The smallest absolute Gasteiger partial charge is 0.264 e. The van der Waals surface area contributed by atoms with Crippen molar-refractivity contribution in [2.45, 2.75) is 76.0 Å². The summed E-state index contributed by atoms with van der Waals surface area (Å²) in [6, 6.07) is 31.8. The zero-order chi connectivity index (χ0) is 38.9. The van der Waals surface area contributed by atoms with E-state index in [1.165, 1.54) is 5.19 Å². The Hall–Kier alpha value is -4.29. The predicted octanol–water partition coefficient (Wildman–Crippen LogP) is 7.15. The second kappa shape index (κ2) is 16.1. The lowest BCUT2D eigenvalue weighted by Gasteiger charge is -2.37. The molecule has 1 spiro atoms. The molecule has 0 saturated carbocycles. The SMILES string of the molecule is COc1ccc([Si](C)(C)[C@@H]2[C@@H](CC(=O)N(CCO)Cc3ccccc3)O[C@]3(C(=O)N(Cc4cccc(N5CCCCC5=O)c4)c4ccc(Br)cc43)[C@H]2C)cc1. The lowest BCUT2D eigenvalue weighted by atomic mass is 9.82. The summed E-state index contributed by atoms with van der Waals surface area (Å²) in [5, 5.41) is 11.2. The number of aliphatic hydroxyl groups excluding tert-OH is 1. The number of hydrogen-bond acceptors (Lipinski definition) is 6. The van der Waals surface area contributed by atoms with Crippen LogP contribution < -0.4 is 19.7 Å². The minimum Gasteiger partial charge on any atom is -0.497 e. The van der Waals surface area contributed by atoms with E-state index in [0.29, 0.717) is 26.1 Å². The molecule has 2 fully saturated rings. The number of piperidine rings is 1. The van der Waals surface area contributed by atoms with Crippen molar-refractivity contribution in [1.82, 2.24) is 4.90 Å². The van der Waals surface area contributed by atoms with Gasteiger partial charge in [-0.05, 0) is 72.0 Å². The highest BCUT2D eigenvalue weighted by molar-refractivity contribution is 9.10. The number of fused-ring (bicyclic) bond motifs is 2. The molecular weight excluding hydrogens is 774 g/mol. The van der Waals surface area contributed by atoms with Crippen molar-refractivity contribution in [1.29, 1.82) is 0 Å². The standard InChI is InChI=1S/C44H50BrN3O6Si/c1-30-42(55(3,4)36-19-17-35(53-2)18-20-36)39(27-41(51)46(23-24-49)28-31-11-6-5-7-12-31)54-44(30)37-26-33(45)16-21-38(37)48(43(44)52)29-32-13-10-14-34(25-32)47-22-9-8-15-40(47)50/h5-7,10-14,16-21,25-26,30,39,42,49H,8-9,15,22-24,27-29H2,1-4H3/t30-,39+,42-,44+/m0/s1. The molecule has 4 atom stereocenters. The Kier molecular flexibility index (Phi) is 11.4. The average Bonchev–Trinajstić information content (AvgIpc) is 3.61. The quantitative estimate of drug-likeness (QED) is 0.153. The normalized spacial score (nSPS) is 22.3. The summed E-state index contributed by atoms with van der Waals surface area (Å²) in [7, 11) is -0.858. The molecule has 288 valence electrons. The van der Waals surface area contributed by atoms with Crippen LogP contribution in [0.15, 0.2) is 102 Å². The van der Waals surface area contributed by atoms with Gasteiger partial charge in [-0.3, -0.25) is 14.4 Å². The van der Waals surface area contributed by atoms with Gasteiger partial charge in [-0.1, -0.05) is 95.7 Å². The van der Waals surface area contributed by atoms with Gasteiger partial charge >= 0.3 is 0 Å². The van der Waals surface area contributed by atoms with Crippen LogP contribution in [0.5, 0.6) is 5.75 Å². The molecule has 3 heterocycles. The van der Waals surface area contributed by atoms with Crippen molar-refractivity contribution in [2.24, 2.45) is 5.92 Å². The second-order valence-electron chi connectivity index (χ2n) is 15.6. The number of hydrogen-bond donors (Lipinski definition) is 1. The minimum absolute atomic E-state index is 0.0682. The Morgan fingerprint density at radius 1 is 0.982 bits per heavy atom. The average molecular weight is 825 g/mol. The summed E-state index contributed by atoms with van der Waals surface area (Å²) in [5.74, 6) is 0.320. The van der Waals surface area contributed by atoms with Crippen LogP contribution in [0.4, 0.5) is 11.4 Å². The van der Waals surface area contributed by atoms with Gasteiger partial charge in [-0.25, -0.2) is 0 Å². The van der Waals surface area contributed by atoms with Crippen molar-refractivity contribution >= 4 is 58.3 Å². The number of benzene rings is 4. The van der Waals surface area contributed by atoms with Gasteiger partial charge in [0.1, 0.15) is 5.75 Å². The van der Waals surface area contributed by atoms with Gasteiger partial charge < -0.3 is 29.3 Å². The number of halogens is 1. The molecule has 3 amide bonds. The van der Waals surface area contributed by atoms with Crippen molar-refractivity contribution < 1.29 is 29.0 Å². The lowest BCUT2D eigenvalue weighted by molar-refractivity contribution is -0.150. The van der Waals surface area contributed by atoms with Gasteiger partial charge in [0, 0.05) is 47.7 Å². The number of anilines is 2. The molecule has 0 radical (unpaired) electrons. The molecule has 11 heteroatoms. The third-order valence-corrected chi connectivity index (χ3v) is 16.9. The number of carbonyl (C=O) groups excluding carboxylic acids is 3. The highest BCUT2D eigenvalue weighted by atomic mass is 79.9. The van der Waals surface area contributed by atoms with Gasteiger partial charge in [0.15, 0.2) is 5.60 Å². The summed E-state index contributed by atoms with van der Waals surface area (Å²) in [4.78, 5) is 47.9. The van der Waals surface area contributed by atoms with Crippen molar-refractivity contribution in [2.75, 3.05) is 36.6 Å². The molecular formula is C44H50BrN3O6Si. The van der Waals surface area contributed by atoms with Crippen molar-refractivity contribution in [3.05, 3.63) is 118 Å². The fourth-order valence-corrected chi connectivity index (χ4v) is 13.6. The van der Waals surface area contributed by atoms with Crippen molar-refractivity contribution in [3.8, 4) is 5.75 Å². The number of methoxy groups -OCH3 is 1. The fraction of sp³-hybridized carbons (Fsp3) is 0.386. The molecule has 2 saturated heterocycles. The van der Waals surface area contributed by atoms with Crippen LogP contribution in [0.25, 0.3) is 0 Å². The molecule has 0 aliphatic carbocycles. The maximum atomic E-state index is 15.3. The van der Waals surface area contributed by atoms with Crippen LogP contribution in [-0.4, -0.2) is 68.7 Å². The van der Waals surface area contributed by atoms with Gasteiger partial charge in [0.2, 0.25) is 11.8 Å². The third kappa shape index (κ3) is 7.39. The van der Waals surface area contributed by atoms with Crippen LogP contribution in [0, 0.1) is 5.92 Å². The maximum Gasteiger partial charge on any atom is 0.264 e. The number of ether oxygens (including phenoxy) is 2. The molecule has 4 aromatic rings.